The molecule has 0 saturated carbocycles. The van der Waals surface area contributed by atoms with Gasteiger partial charge in [-0.25, -0.2) is 4.98 Å². The van der Waals surface area contributed by atoms with E-state index in [1.165, 1.54) is 29.4 Å². The summed E-state index contributed by atoms with van der Waals surface area (Å²) in [6.07, 6.45) is 5.49. The molecule has 2 aromatic heterocycles. The first kappa shape index (κ1) is 12.6. The number of carbonyl (C=O) groups excluding carboxylic acids is 1. The van der Waals surface area contributed by atoms with E-state index < -0.39 is 0 Å². The summed E-state index contributed by atoms with van der Waals surface area (Å²) >= 11 is 1.48. The third-order valence-corrected chi connectivity index (χ3v) is 3.69. The standard InChI is InChI=1S/C15H12N2O2S/c18-14(12-6-7-19-10-12)17-15-16-9-13(20-15)8-11-4-2-1-3-5-11/h1-7,9-10H,8H2,(H,16,17,18). The first-order valence-electron chi connectivity index (χ1n) is 6.13. The fraction of sp³-hybridized carbons (Fsp3) is 0.0667. The molecular formula is C15H12N2O2S. The van der Waals surface area contributed by atoms with Crippen molar-refractivity contribution in [2.45, 2.75) is 6.42 Å². The van der Waals surface area contributed by atoms with E-state index in [9.17, 15) is 4.79 Å². The molecule has 0 bridgehead atoms. The van der Waals surface area contributed by atoms with Crippen LogP contribution in [0.4, 0.5) is 5.13 Å². The topological polar surface area (TPSA) is 55.1 Å². The minimum atomic E-state index is -0.209. The molecule has 1 aromatic carbocycles. The molecular weight excluding hydrogens is 272 g/mol. The van der Waals surface area contributed by atoms with Gasteiger partial charge >= 0.3 is 0 Å². The molecule has 5 heteroatoms. The first-order valence-corrected chi connectivity index (χ1v) is 6.95. The Morgan fingerprint density at radius 2 is 2.10 bits per heavy atom. The first-order chi connectivity index (χ1) is 9.81. The van der Waals surface area contributed by atoms with Crippen molar-refractivity contribution in [1.29, 1.82) is 0 Å². The van der Waals surface area contributed by atoms with Gasteiger partial charge in [0.05, 0.1) is 11.8 Å². The number of nitrogens with zero attached hydrogens (tertiary/aromatic N) is 1. The highest BCUT2D eigenvalue weighted by Crippen LogP contribution is 2.21. The smallest absolute Gasteiger partial charge is 0.260 e. The monoisotopic (exact) mass is 284 g/mol. The number of anilines is 1. The molecule has 3 rings (SSSR count). The summed E-state index contributed by atoms with van der Waals surface area (Å²) in [5.41, 5.74) is 1.72. The van der Waals surface area contributed by atoms with Gasteiger partial charge in [0.25, 0.3) is 5.91 Å². The van der Waals surface area contributed by atoms with Gasteiger partial charge in [0.1, 0.15) is 6.26 Å². The van der Waals surface area contributed by atoms with Gasteiger partial charge in [0.15, 0.2) is 5.13 Å². The lowest BCUT2D eigenvalue weighted by Crippen LogP contribution is -2.10. The second-order valence-corrected chi connectivity index (χ2v) is 5.38. The van der Waals surface area contributed by atoms with Crippen molar-refractivity contribution in [2.24, 2.45) is 0 Å². The van der Waals surface area contributed by atoms with Crippen molar-refractivity contribution in [3.8, 4) is 0 Å². The van der Waals surface area contributed by atoms with Crippen LogP contribution in [0, 0.1) is 0 Å². The van der Waals surface area contributed by atoms with Crippen molar-refractivity contribution in [3.63, 3.8) is 0 Å². The summed E-state index contributed by atoms with van der Waals surface area (Å²) < 4.78 is 4.88. The number of thiazole rings is 1. The summed E-state index contributed by atoms with van der Waals surface area (Å²) in [6.45, 7) is 0. The zero-order valence-corrected chi connectivity index (χ0v) is 11.4. The lowest BCUT2D eigenvalue weighted by molar-refractivity contribution is 0.102. The largest absolute Gasteiger partial charge is 0.472 e. The molecule has 2 heterocycles. The van der Waals surface area contributed by atoms with E-state index in [4.69, 9.17) is 4.42 Å². The molecule has 0 unspecified atom stereocenters. The number of nitrogens with one attached hydrogen (secondary N) is 1. The van der Waals surface area contributed by atoms with Crippen molar-refractivity contribution in [2.75, 3.05) is 5.32 Å². The summed E-state index contributed by atoms with van der Waals surface area (Å²) in [6, 6.07) is 11.8. The molecule has 0 aliphatic heterocycles. The molecule has 0 spiro atoms. The number of carbonyl (C=O) groups is 1. The van der Waals surface area contributed by atoms with Gasteiger partial charge in [0, 0.05) is 17.5 Å². The molecule has 1 N–H and O–H groups in total. The second-order valence-electron chi connectivity index (χ2n) is 4.26. The van der Waals surface area contributed by atoms with Crippen molar-refractivity contribution in [3.05, 3.63) is 71.1 Å². The SMILES string of the molecule is O=C(Nc1ncc(Cc2ccccc2)s1)c1ccoc1. The zero-order chi connectivity index (χ0) is 13.8. The summed E-state index contributed by atoms with van der Waals surface area (Å²) in [4.78, 5) is 17.2. The number of amides is 1. The number of hydrogen-bond acceptors (Lipinski definition) is 4. The Balaban J connectivity index is 1.67. The van der Waals surface area contributed by atoms with Gasteiger partial charge in [0.2, 0.25) is 0 Å². The Labute approximate surface area is 120 Å². The van der Waals surface area contributed by atoms with E-state index >= 15 is 0 Å². The van der Waals surface area contributed by atoms with Gasteiger partial charge in [-0.3, -0.25) is 10.1 Å². The Morgan fingerprint density at radius 3 is 2.85 bits per heavy atom. The van der Waals surface area contributed by atoms with E-state index in [0.717, 1.165) is 11.3 Å². The second kappa shape index (κ2) is 5.71. The number of rotatable bonds is 4. The molecule has 0 aliphatic carbocycles. The lowest BCUT2D eigenvalue weighted by Gasteiger charge is -1.98. The molecule has 0 radical (unpaired) electrons. The van der Waals surface area contributed by atoms with Crippen LogP contribution in [0.5, 0.6) is 0 Å². The quantitative estimate of drug-likeness (QED) is 0.796. The highest BCUT2D eigenvalue weighted by Gasteiger charge is 2.10. The van der Waals surface area contributed by atoms with E-state index in [1.807, 2.05) is 18.2 Å². The van der Waals surface area contributed by atoms with Crippen LogP contribution in [-0.2, 0) is 6.42 Å². The predicted octanol–water partition coefficient (Wildman–Crippen LogP) is 3.58. The van der Waals surface area contributed by atoms with Crippen LogP contribution in [0.25, 0.3) is 0 Å². The van der Waals surface area contributed by atoms with Crippen molar-refractivity contribution in [1.82, 2.24) is 4.98 Å². The van der Waals surface area contributed by atoms with Gasteiger partial charge in [-0.1, -0.05) is 30.3 Å². The third kappa shape index (κ3) is 2.95. The Hall–Kier alpha value is -2.40. The summed E-state index contributed by atoms with van der Waals surface area (Å²) in [7, 11) is 0. The molecule has 100 valence electrons. The molecule has 0 atom stereocenters. The van der Waals surface area contributed by atoms with Crippen molar-refractivity contribution < 1.29 is 9.21 Å². The fourth-order valence-corrected chi connectivity index (χ4v) is 2.65. The van der Waals surface area contributed by atoms with Crippen LogP contribution in [0.15, 0.2) is 59.5 Å². The number of furan rings is 1. The van der Waals surface area contributed by atoms with E-state index in [0.29, 0.717) is 10.7 Å². The predicted molar refractivity (Wildman–Crippen MR) is 78.0 cm³/mol. The Kier molecular flexibility index (Phi) is 3.60. The maximum atomic E-state index is 11.8. The summed E-state index contributed by atoms with van der Waals surface area (Å²) in [5, 5.41) is 3.36. The minimum absolute atomic E-state index is 0.209. The number of aromatic nitrogens is 1. The molecule has 0 fully saturated rings. The molecule has 1 amide bonds. The van der Waals surface area contributed by atoms with Crippen molar-refractivity contribution >= 4 is 22.4 Å². The molecule has 0 saturated heterocycles. The Morgan fingerprint density at radius 1 is 1.25 bits per heavy atom. The fourth-order valence-electron chi connectivity index (χ4n) is 1.81. The highest BCUT2D eigenvalue weighted by molar-refractivity contribution is 7.15. The summed E-state index contributed by atoms with van der Waals surface area (Å²) in [5.74, 6) is -0.209. The van der Waals surface area contributed by atoms with Crippen LogP contribution in [0.1, 0.15) is 20.8 Å². The molecule has 4 nitrogen and oxygen atoms in total. The number of benzene rings is 1. The molecule has 20 heavy (non-hydrogen) atoms. The van der Waals surface area contributed by atoms with Crippen LogP contribution in [0.2, 0.25) is 0 Å². The maximum Gasteiger partial charge on any atom is 0.260 e. The average Bonchev–Trinajstić information content (AvgIpc) is 3.11. The third-order valence-electron chi connectivity index (χ3n) is 2.78. The minimum Gasteiger partial charge on any atom is -0.472 e. The van der Waals surface area contributed by atoms with Gasteiger partial charge in [-0.2, -0.15) is 0 Å². The van der Waals surface area contributed by atoms with E-state index in [-0.39, 0.29) is 5.91 Å². The van der Waals surface area contributed by atoms with E-state index in [1.54, 1.807) is 12.3 Å². The van der Waals surface area contributed by atoms with Gasteiger partial charge < -0.3 is 4.42 Å². The maximum absolute atomic E-state index is 11.8. The Bertz CT molecular complexity index is 690. The van der Waals surface area contributed by atoms with E-state index in [2.05, 4.69) is 22.4 Å². The zero-order valence-electron chi connectivity index (χ0n) is 10.6. The van der Waals surface area contributed by atoms with Crippen LogP contribution >= 0.6 is 11.3 Å². The van der Waals surface area contributed by atoms with Gasteiger partial charge in [-0.05, 0) is 11.6 Å². The number of hydrogen-bond donors (Lipinski definition) is 1. The van der Waals surface area contributed by atoms with Crippen LogP contribution < -0.4 is 5.32 Å². The van der Waals surface area contributed by atoms with Crippen LogP contribution in [-0.4, -0.2) is 10.9 Å². The highest BCUT2D eigenvalue weighted by atomic mass is 32.1. The van der Waals surface area contributed by atoms with Gasteiger partial charge in [-0.15, -0.1) is 11.3 Å². The average molecular weight is 284 g/mol. The molecule has 0 aliphatic rings. The molecule has 3 aromatic rings. The normalized spacial score (nSPS) is 10.4. The lowest BCUT2D eigenvalue weighted by atomic mass is 10.1. The van der Waals surface area contributed by atoms with Crippen LogP contribution in [0.3, 0.4) is 0 Å².